The predicted molar refractivity (Wildman–Crippen MR) is 104 cm³/mol. The summed E-state index contributed by atoms with van der Waals surface area (Å²) in [4.78, 5) is 20.9. The number of aromatic nitrogens is 3. The molecule has 4 aromatic rings. The number of amides is 1. The average molecular weight is 360 g/mol. The third-order valence-electron chi connectivity index (χ3n) is 3.96. The van der Waals surface area contributed by atoms with Crippen molar-refractivity contribution in [3.8, 4) is 16.3 Å². The summed E-state index contributed by atoms with van der Waals surface area (Å²) < 4.78 is 1.90. The fourth-order valence-electron chi connectivity index (χ4n) is 2.53. The van der Waals surface area contributed by atoms with Gasteiger partial charge >= 0.3 is 0 Å². The molecule has 0 atom stereocenters. The van der Waals surface area contributed by atoms with E-state index in [9.17, 15) is 4.79 Å². The molecule has 1 amide bonds. The number of anilines is 1. The van der Waals surface area contributed by atoms with Crippen molar-refractivity contribution in [3.63, 3.8) is 0 Å². The van der Waals surface area contributed by atoms with Gasteiger partial charge in [0.15, 0.2) is 0 Å². The number of thiazole rings is 1. The van der Waals surface area contributed by atoms with Crippen LogP contribution in [0.4, 0.5) is 5.69 Å². The van der Waals surface area contributed by atoms with Gasteiger partial charge < -0.3 is 9.88 Å². The molecule has 5 nitrogen and oxygen atoms in total. The Labute approximate surface area is 155 Å². The Morgan fingerprint density at radius 1 is 1.08 bits per heavy atom. The minimum Gasteiger partial charge on any atom is -0.321 e. The summed E-state index contributed by atoms with van der Waals surface area (Å²) in [6.45, 7) is 2.04. The van der Waals surface area contributed by atoms with Crippen LogP contribution < -0.4 is 5.32 Å². The van der Waals surface area contributed by atoms with Gasteiger partial charge in [-0.2, -0.15) is 0 Å². The molecule has 0 fully saturated rings. The second-order valence-corrected chi connectivity index (χ2v) is 6.73. The standard InChI is InChI=1S/C20H16N4OS/c1-14-2-4-15(5-3-14)20-23-18(12-26-20)19(25)22-16-6-8-17(9-7-16)24-11-10-21-13-24/h2-13H,1H3,(H,22,25). The van der Waals surface area contributed by atoms with Gasteiger partial charge in [0.25, 0.3) is 5.91 Å². The molecular weight excluding hydrogens is 344 g/mol. The molecule has 0 radical (unpaired) electrons. The van der Waals surface area contributed by atoms with Gasteiger partial charge in [-0.05, 0) is 31.2 Å². The van der Waals surface area contributed by atoms with E-state index in [-0.39, 0.29) is 5.91 Å². The smallest absolute Gasteiger partial charge is 0.275 e. The highest BCUT2D eigenvalue weighted by molar-refractivity contribution is 7.13. The Bertz CT molecular complexity index is 1020. The Hall–Kier alpha value is -3.25. The van der Waals surface area contributed by atoms with Crippen LogP contribution in [-0.4, -0.2) is 20.4 Å². The van der Waals surface area contributed by atoms with Crippen molar-refractivity contribution in [2.45, 2.75) is 6.92 Å². The Kier molecular flexibility index (Phi) is 4.33. The van der Waals surface area contributed by atoms with Gasteiger partial charge in [0.1, 0.15) is 10.7 Å². The number of nitrogens with zero attached hydrogens (tertiary/aromatic N) is 3. The van der Waals surface area contributed by atoms with Crippen molar-refractivity contribution in [2.24, 2.45) is 0 Å². The van der Waals surface area contributed by atoms with E-state index >= 15 is 0 Å². The van der Waals surface area contributed by atoms with Crippen molar-refractivity contribution < 1.29 is 4.79 Å². The van der Waals surface area contributed by atoms with Gasteiger partial charge in [0.2, 0.25) is 0 Å². The first kappa shape index (κ1) is 16.2. The van der Waals surface area contributed by atoms with E-state index in [1.807, 2.05) is 66.2 Å². The molecule has 6 heteroatoms. The number of aryl methyl sites for hydroxylation is 1. The normalized spacial score (nSPS) is 10.7. The van der Waals surface area contributed by atoms with Gasteiger partial charge in [0.05, 0.1) is 6.33 Å². The number of nitrogens with one attached hydrogen (secondary N) is 1. The SMILES string of the molecule is Cc1ccc(-c2nc(C(=O)Nc3ccc(-n4ccnc4)cc3)cs2)cc1. The summed E-state index contributed by atoms with van der Waals surface area (Å²) in [7, 11) is 0. The molecule has 0 aliphatic heterocycles. The number of hydrogen-bond donors (Lipinski definition) is 1. The molecule has 0 saturated carbocycles. The maximum atomic E-state index is 12.4. The van der Waals surface area contributed by atoms with E-state index in [4.69, 9.17) is 0 Å². The minimum absolute atomic E-state index is 0.213. The van der Waals surface area contributed by atoms with E-state index < -0.39 is 0 Å². The minimum atomic E-state index is -0.213. The lowest BCUT2D eigenvalue weighted by atomic mass is 10.2. The molecule has 2 aromatic heterocycles. The topological polar surface area (TPSA) is 59.8 Å². The summed E-state index contributed by atoms with van der Waals surface area (Å²) >= 11 is 1.47. The molecule has 2 heterocycles. The Balaban J connectivity index is 1.47. The van der Waals surface area contributed by atoms with Crippen LogP contribution in [0.3, 0.4) is 0 Å². The first-order valence-corrected chi connectivity index (χ1v) is 8.99. The number of benzene rings is 2. The predicted octanol–water partition coefficient (Wildman–Crippen LogP) is 4.56. The highest BCUT2D eigenvalue weighted by Gasteiger charge is 2.12. The third kappa shape index (κ3) is 3.41. The van der Waals surface area contributed by atoms with Crippen molar-refractivity contribution in [3.05, 3.63) is 83.9 Å². The lowest BCUT2D eigenvalue weighted by Crippen LogP contribution is -2.12. The zero-order valence-corrected chi connectivity index (χ0v) is 14.9. The maximum Gasteiger partial charge on any atom is 0.275 e. The molecule has 2 aromatic carbocycles. The number of carbonyl (C=O) groups is 1. The lowest BCUT2D eigenvalue weighted by Gasteiger charge is -2.06. The van der Waals surface area contributed by atoms with Crippen LogP contribution in [0.25, 0.3) is 16.3 Å². The zero-order valence-electron chi connectivity index (χ0n) is 14.1. The van der Waals surface area contributed by atoms with Gasteiger partial charge in [0, 0.05) is 34.7 Å². The lowest BCUT2D eigenvalue weighted by molar-refractivity contribution is 0.102. The average Bonchev–Trinajstić information content (AvgIpc) is 3.35. The Morgan fingerprint density at radius 3 is 2.54 bits per heavy atom. The van der Waals surface area contributed by atoms with Crippen LogP contribution >= 0.6 is 11.3 Å². The second kappa shape index (κ2) is 6.93. The molecule has 0 aliphatic rings. The van der Waals surface area contributed by atoms with Crippen molar-refractivity contribution in [1.29, 1.82) is 0 Å². The van der Waals surface area contributed by atoms with Gasteiger partial charge in [-0.1, -0.05) is 29.8 Å². The van der Waals surface area contributed by atoms with E-state index in [1.165, 1.54) is 16.9 Å². The van der Waals surface area contributed by atoms with Crippen LogP contribution in [0.5, 0.6) is 0 Å². The molecule has 0 aliphatic carbocycles. The van der Waals surface area contributed by atoms with E-state index in [2.05, 4.69) is 15.3 Å². The largest absolute Gasteiger partial charge is 0.321 e. The first-order chi connectivity index (χ1) is 12.7. The fourth-order valence-corrected chi connectivity index (χ4v) is 3.34. The molecule has 128 valence electrons. The van der Waals surface area contributed by atoms with Crippen LogP contribution in [0.2, 0.25) is 0 Å². The van der Waals surface area contributed by atoms with Crippen LogP contribution in [0.1, 0.15) is 16.1 Å². The number of imidazole rings is 1. The first-order valence-electron chi connectivity index (χ1n) is 8.11. The third-order valence-corrected chi connectivity index (χ3v) is 4.85. The van der Waals surface area contributed by atoms with Gasteiger partial charge in [-0.3, -0.25) is 4.79 Å². The summed E-state index contributed by atoms with van der Waals surface area (Å²) in [6, 6.07) is 15.7. The molecular formula is C20H16N4OS. The van der Waals surface area contributed by atoms with Crippen LogP contribution in [-0.2, 0) is 0 Å². The van der Waals surface area contributed by atoms with E-state index in [0.717, 1.165) is 21.9 Å². The maximum absolute atomic E-state index is 12.4. The summed E-state index contributed by atoms with van der Waals surface area (Å²) in [5, 5.41) is 5.51. The highest BCUT2D eigenvalue weighted by Crippen LogP contribution is 2.24. The quantitative estimate of drug-likeness (QED) is 0.580. The van der Waals surface area contributed by atoms with Crippen LogP contribution in [0.15, 0.2) is 72.6 Å². The second-order valence-electron chi connectivity index (χ2n) is 5.87. The van der Waals surface area contributed by atoms with E-state index in [1.54, 1.807) is 17.9 Å². The molecule has 0 bridgehead atoms. The number of hydrogen-bond acceptors (Lipinski definition) is 4. The molecule has 0 spiro atoms. The molecule has 26 heavy (non-hydrogen) atoms. The summed E-state index contributed by atoms with van der Waals surface area (Å²) in [5.74, 6) is -0.213. The monoisotopic (exact) mass is 360 g/mol. The summed E-state index contributed by atoms with van der Waals surface area (Å²) in [6.07, 6.45) is 5.33. The molecule has 1 N–H and O–H groups in total. The molecule has 4 rings (SSSR count). The highest BCUT2D eigenvalue weighted by atomic mass is 32.1. The molecule has 0 unspecified atom stereocenters. The van der Waals surface area contributed by atoms with E-state index in [0.29, 0.717) is 5.69 Å². The molecule has 0 saturated heterocycles. The van der Waals surface area contributed by atoms with Crippen molar-refractivity contribution in [2.75, 3.05) is 5.32 Å². The van der Waals surface area contributed by atoms with Crippen LogP contribution in [0, 0.1) is 6.92 Å². The number of carbonyl (C=O) groups excluding carboxylic acids is 1. The van der Waals surface area contributed by atoms with Crippen molar-refractivity contribution in [1.82, 2.24) is 14.5 Å². The van der Waals surface area contributed by atoms with Gasteiger partial charge in [-0.25, -0.2) is 9.97 Å². The summed E-state index contributed by atoms with van der Waals surface area (Å²) in [5.41, 5.74) is 4.34. The van der Waals surface area contributed by atoms with Crippen molar-refractivity contribution >= 4 is 22.9 Å². The fraction of sp³-hybridized carbons (Fsp3) is 0.0500. The zero-order chi connectivity index (χ0) is 17.9. The van der Waals surface area contributed by atoms with Gasteiger partial charge in [-0.15, -0.1) is 11.3 Å². The number of rotatable bonds is 4. The Morgan fingerprint density at radius 2 is 1.85 bits per heavy atom.